The highest BCUT2D eigenvalue weighted by atomic mass is 16.2. The molecule has 0 aliphatic heterocycles. The van der Waals surface area contributed by atoms with E-state index in [9.17, 15) is 14.4 Å². The van der Waals surface area contributed by atoms with Crippen molar-refractivity contribution in [2.24, 2.45) is 5.41 Å². The van der Waals surface area contributed by atoms with Gasteiger partial charge < -0.3 is 15.5 Å². The monoisotopic (exact) mass is 319 g/mol. The van der Waals surface area contributed by atoms with Gasteiger partial charge in [-0.1, -0.05) is 26.8 Å². The van der Waals surface area contributed by atoms with Crippen molar-refractivity contribution in [3.8, 4) is 0 Å². The van der Waals surface area contributed by atoms with Crippen molar-refractivity contribution < 1.29 is 14.4 Å². The molecule has 0 spiro atoms. The minimum atomic E-state index is -0.466. The number of amides is 3. The third-order valence-corrected chi connectivity index (χ3v) is 3.16. The molecule has 3 amide bonds. The summed E-state index contributed by atoms with van der Waals surface area (Å²) in [7, 11) is 0. The molecule has 0 fully saturated rings. The molecular formula is C17H25N3O3. The van der Waals surface area contributed by atoms with Gasteiger partial charge in [-0.2, -0.15) is 0 Å². The number of benzene rings is 1. The largest absolute Gasteiger partial charge is 0.354 e. The van der Waals surface area contributed by atoms with E-state index in [-0.39, 0.29) is 17.7 Å². The van der Waals surface area contributed by atoms with E-state index in [4.69, 9.17) is 0 Å². The van der Waals surface area contributed by atoms with Gasteiger partial charge in [0.15, 0.2) is 0 Å². The normalized spacial score (nSPS) is 10.8. The van der Waals surface area contributed by atoms with Crippen LogP contribution in [0.3, 0.4) is 0 Å². The quantitative estimate of drug-likeness (QED) is 0.873. The number of hydrogen-bond acceptors (Lipinski definition) is 3. The number of rotatable bonds is 5. The van der Waals surface area contributed by atoms with Crippen molar-refractivity contribution in [2.75, 3.05) is 23.3 Å². The third kappa shape index (κ3) is 6.10. The Bertz CT molecular complexity index is 591. The average Bonchev–Trinajstić information content (AvgIpc) is 2.41. The van der Waals surface area contributed by atoms with Gasteiger partial charge in [-0.15, -0.1) is 0 Å². The SMILES string of the molecule is CC(=O)Nc1cccc(N(CCNC(=O)C(C)(C)C)C(C)=O)c1. The standard InChI is InChI=1S/C17H25N3O3/c1-12(21)19-14-7-6-8-15(11-14)20(13(2)22)10-9-18-16(23)17(3,4)5/h6-8,11H,9-10H2,1-5H3,(H,18,23)(H,19,21). The lowest BCUT2D eigenvalue weighted by Crippen LogP contribution is -2.41. The van der Waals surface area contributed by atoms with Gasteiger partial charge in [-0.05, 0) is 18.2 Å². The molecule has 0 unspecified atom stereocenters. The van der Waals surface area contributed by atoms with Crippen LogP contribution in [0, 0.1) is 5.41 Å². The van der Waals surface area contributed by atoms with E-state index in [0.29, 0.717) is 24.5 Å². The minimum Gasteiger partial charge on any atom is -0.354 e. The van der Waals surface area contributed by atoms with E-state index in [1.165, 1.54) is 13.8 Å². The molecule has 0 aliphatic rings. The van der Waals surface area contributed by atoms with Crippen LogP contribution < -0.4 is 15.5 Å². The van der Waals surface area contributed by atoms with Gasteiger partial charge >= 0.3 is 0 Å². The average molecular weight is 319 g/mol. The first-order chi connectivity index (χ1) is 10.6. The Morgan fingerprint density at radius 2 is 1.78 bits per heavy atom. The number of nitrogens with zero attached hydrogens (tertiary/aromatic N) is 1. The number of nitrogens with one attached hydrogen (secondary N) is 2. The van der Waals surface area contributed by atoms with Crippen molar-refractivity contribution >= 4 is 29.1 Å². The fourth-order valence-corrected chi connectivity index (χ4v) is 1.97. The van der Waals surface area contributed by atoms with Crippen molar-refractivity contribution in [3.05, 3.63) is 24.3 Å². The summed E-state index contributed by atoms with van der Waals surface area (Å²) in [5.74, 6) is -0.364. The van der Waals surface area contributed by atoms with Gasteiger partial charge in [0.1, 0.15) is 0 Å². The fraction of sp³-hybridized carbons (Fsp3) is 0.471. The van der Waals surface area contributed by atoms with Gasteiger partial charge in [-0.25, -0.2) is 0 Å². The Morgan fingerprint density at radius 1 is 1.13 bits per heavy atom. The predicted molar refractivity (Wildman–Crippen MR) is 91.2 cm³/mol. The summed E-state index contributed by atoms with van der Waals surface area (Å²) in [5.41, 5.74) is 0.834. The van der Waals surface area contributed by atoms with E-state index < -0.39 is 5.41 Å². The molecule has 2 N–H and O–H groups in total. The van der Waals surface area contributed by atoms with Gasteiger partial charge in [0.05, 0.1) is 0 Å². The van der Waals surface area contributed by atoms with E-state index in [1.807, 2.05) is 20.8 Å². The molecule has 1 aromatic rings. The lowest BCUT2D eigenvalue weighted by Gasteiger charge is -2.23. The fourth-order valence-electron chi connectivity index (χ4n) is 1.97. The van der Waals surface area contributed by atoms with Gasteiger partial charge in [0.25, 0.3) is 0 Å². The van der Waals surface area contributed by atoms with Crippen LogP contribution >= 0.6 is 0 Å². The first kappa shape index (κ1) is 18.7. The summed E-state index contributed by atoms with van der Waals surface area (Å²) in [5, 5.41) is 5.51. The molecule has 0 atom stereocenters. The molecule has 0 aromatic heterocycles. The first-order valence-corrected chi connectivity index (χ1v) is 7.55. The molecule has 23 heavy (non-hydrogen) atoms. The predicted octanol–water partition coefficient (Wildman–Crippen LogP) is 2.16. The maximum atomic E-state index is 11.9. The van der Waals surface area contributed by atoms with E-state index >= 15 is 0 Å². The zero-order chi connectivity index (χ0) is 17.6. The van der Waals surface area contributed by atoms with E-state index in [2.05, 4.69) is 10.6 Å². The highest BCUT2D eigenvalue weighted by molar-refractivity contribution is 5.94. The minimum absolute atomic E-state index is 0.0620. The van der Waals surface area contributed by atoms with Crippen LogP contribution in [0.2, 0.25) is 0 Å². The number of hydrogen-bond donors (Lipinski definition) is 2. The molecule has 0 radical (unpaired) electrons. The number of carbonyl (C=O) groups excluding carboxylic acids is 3. The molecule has 0 heterocycles. The molecular weight excluding hydrogens is 294 g/mol. The zero-order valence-corrected chi connectivity index (χ0v) is 14.4. The summed E-state index contributed by atoms with van der Waals surface area (Å²) in [6.07, 6.45) is 0. The Balaban J connectivity index is 2.77. The number of carbonyl (C=O) groups is 3. The van der Waals surface area contributed by atoms with Gasteiger partial charge in [0.2, 0.25) is 17.7 Å². The molecule has 0 aliphatic carbocycles. The molecule has 126 valence electrons. The summed E-state index contributed by atoms with van der Waals surface area (Å²) in [6, 6.07) is 7.04. The lowest BCUT2D eigenvalue weighted by molar-refractivity contribution is -0.128. The van der Waals surface area contributed by atoms with Crippen LogP contribution in [-0.4, -0.2) is 30.8 Å². The maximum Gasteiger partial charge on any atom is 0.225 e. The molecule has 0 bridgehead atoms. The second kappa shape index (κ2) is 7.76. The molecule has 1 aromatic carbocycles. The smallest absolute Gasteiger partial charge is 0.225 e. The van der Waals surface area contributed by atoms with Crippen LogP contribution in [0.25, 0.3) is 0 Å². The van der Waals surface area contributed by atoms with Crippen LogP contribution in [0.1, 0.15) is 34.6 Å². The molecule has 0 saturated heterocycles. The maximum absolute atomic E-state index is 11.9. The van der Waals surface area contributed by atoms with Gasteiger partial charge in [0, 0.05) is 43.7 Å². The number of anilines is 2. The Morgan fingerprint density at radius 3 is 2.30 bits per heavy atom. The molecule has 6 heteroatoms. The van der Waals surface area contributed by atoms with Gasteiger partial charge in [-0.3, -0.25) is 14.4 Å². The van der Waals surface area contributed by atoms with Crippen LogP contribution in [0.15, 0.2) is 24.3 Å². The summed E-state index contributed by atoms with van der Waals surface area (Å²) >= 11 is 0. The summed E-state index contributed by atoms with van der Waals surface area (Å²) < 4.78 is 0. The summed E-state index contributed by atoms with van der Waals surface area (Å²) in [6.45, 7) is 9.13. The Hall–Kier alpha value is -2.37. The Kier molecular flexibility index (Phi) is 6.30. The van der Waals surface area contributed by atoms with Crippen LogP contribution in [0.4, 0.5) is 11.4 Å². The zero-order valence-electron chi connectivity index (χ0n) is 14.4. The second-order valence-corrected chi connectivity index (χ2v) is 6.41. The Labute approximate surface area is 137 Å². The summed E-state index contributed by atoms with van der Waals surface area (Å²) in [4.78, 5) is 36.4. The van der Waals surface area contributed by atoms with Crippen molar-refractivity contribution in [1.29, 1.82) is 0 Å². The van der Waals surface area contributed by atoms with Crippen molar-refractivity contribution in [3.63, 3.8) is 0 Å². The van der Waals surface area contributed by atoms with Crippen molar-refractivity contribution in [1.82, 2.24) is 5.32 Å². The molecule has 6 nitrogen and oxygen atoms in total. The van der Waals surface area contributed by atoms with Crippen LogP contribution in [-0.2, 0) is 14.4 Å². The second-order valence-electron chi connectivity index (χ2n) is 6.41. The van der Waals surface area contributed by atoms with E-state index in [0.717, 1.165) is 0 Å². The van der Waals surface area contributed by atoms with E-state index in [1.54, 1.807) is 29.2 Å². The topological polar surface area (TPSA) is 78.5 Å². The first-order valence-electron chi connectivity index (χ1n) is 7.55. The highest BCUT2D eigenvalue weighted by Crippen LogP contribution is 2.19. The van der Waals surface area contributed by atoms with Crippen molar-refractivity contribution in [2.45, 2.75) is 34.6 Å². The molecule has 0 saturated carbocycles. The lowest BCUT2D eigenvalue weighted by atomic mass is 9.96. The van der Waals surface area contributed by atoms with Crippen LogP contribution in [0.5, 0.6) is 0 Å². The third-order valence-electron chi connectivity index (χ3n) is 3.16. The highest BCUT2D eigenvalue weighted by Gasteiger charge is 2.21. The molecule has 1 rings (SSSR count).